The summed E-state index contributed by atoms with van der Waals surface area (Å²) in [6.45, 7) is 3.36. The second kappa shape index (κ2) is 7.49. The molecule has 1 aliphatic heterocycles. The fraction of sp³-hybridized carbons (Fsp3) is 0.421. The predicted molar refractivity (Wildman–Crippen MR) is 94.7 cm³/mol. The van der Waals surface area contributed by atoms with Crippen LogP contribution in [0.25, 0.3) is 0 Å². The van der Waals surface area contributed by atoms with Gasteiger partial charge in [0.05, 0.1) is 5.56 Å². The van der Waals surface area contributed by atoms with Gasteiger partial charge in [-0.25, -0.2) is 0 Å². The Morgan fingerprint density at radius 2 is 2.36 bits per heavy atom. The van der Waals surface area contributed by atoms with E-state index in [1.54, 1.807) is 23.0 Å². The number of nitrogens with zero attached hydrogens (tertiary/aromatic N) is 5. The molecule has 2 aromatic rings. The maximum Gasteiger partial charge on any atom is 0.270 e. The van der Waals surface area contributed by atoms with E-state index in [0.29, 0.717) is 17.2 Å². The zero-order valence-corrected chi connectivity index (χ0v) is 14.7. The third-order valence-electron chi connectivity index (χ3n) is 4.67. The molecule has 0 aromatic carbocycles. The van der Waals surface area contributed by atoms with Crippen molar-refractivity contribution in [2.45, 2.75) is 13.0 Å². The molecule has 0 bridgehead atoms. The Balaban J connectivity index is 1.55. The predicted octanol–water partition coefficient (Wildman–Crippen LogP) is 1.89. The van der Waals surface area contributed by atoms with Gasteiger partial charge < -0.3 is 14.4 Å². The molecule has 0 saturated carbocycles. The van der Waals surface area contributed by atoms with Crippen molar-refractivity contribution in [2.75, 3.05) is 26.7 Å². The van der Waals surface area contributed by atoms with E-state index in [-0.39, 0.29) is 5.91 Å². The number of carbonyl (C=O) groups is 1. The highest BCUT2D eigenvalue weighted by Crippen LogP contribution is 2.21. The largest absolute Gasteiger partial charge is 0.345 e. The monoisotopic (exact) mass is 337 g/mol. The van der Waals surface area contributed by atoms with Crippen LogP contribution in [0, 0.1) is 17.2 Å². The van der Waals surface area contributed by atoms with Crippen molar-refractivity contribution >= 4 is 5.91 Å². The van der Waals surface area contributed by atoms with Crippen LogP contribution in [0.3, 0.4) is 0 Å². The highest BCUT2D eigenvalue weighted by atomic mass is 16.2. The summed E-state index contributed by atoms with van der Waals surface area (Å²) >= 11 is 0. The molecule has 0 radical (unpaired) electrons. The summed E-state index contributed by atoms with van der Waals surface area (Å²) in [5.41, 5.74) is 2.31. The van der Waals surface area contributed by atoms with E-state index in [1.807, 2.05) is 24.2 Å². The average molecular weight is 337 g/mol. The molecule has 2 aromatic heterocycles. The highest BCUT2D eigenvalue weighted by molar-refractivity contribution is 5.93. The number of rotatable bonds is 5. The first-order chi connectivity index (χ1) is 12.1. The standard InChI is InChI=1S/C19H23N5O/c1-22(11-15-4-3-6-21-10-15)12-16-5-7-24(14-16)19(25)18-8-17(9-20)13-23(18)2/h3-4,6,8,10,13,16H,5,7,11-12,14H2,1-2H3/t16-/m0/s1. The Hall–Kier alpha value is -2.65. The Morgan fingerprint density at radius 3 is 3.04 bits per heavy atom. The normalized spacial score (nSPS) is 17.0. The fourth-order valence-corrected chi connectivity index (χ4v) is 3.48. The molecule has 3 heterocycles. The summed E-state index contributed by atoms with van der Waals surface area (Å²) in [7, 11) is 3.91. The lowest BCUT2D eigenvalue weighted by Gasteiger charge is -2.21. The van der Waals surface area contributed by atoms with Crippen LogP contribution in [0.5, 0.6) is 0 Å². The summed E-state index contributed by atoms with van der Waals surface area (Å²) in [4.78, 5) is 21.0. The van der Waals surface area contributed by atoms with Crippen molar-refractivity contribution in [1.82, 2.24) is 19.4 Å². The van der Waals surface area contributed by atoms with E-state index in [1.165, 1.54) is 5.56 Å². The van der Waals surface area contributed by atoms with E-state index in [0.717, 1.165) is 32.6 Å². The maximum atomic E-state index is 12.7. The zero-order valence-electron chi connectivity index (χ0n) is 14.7. The highest BCUT2D eigenvalue weighted by Gasteiger charge is 2.29. The number of amides is 1. The van der Waals surface area contributed by atoms with Gasteiger partial charge in [-0.15, -0.1) is 0 Å². The molecule has 0 N–H and O–H groups in total. The van der Waals surface area contributed by atoms with Gasteiger partial charge in [-0.2, -0.15) is 5.26 Å². The maximum absolute atomic E-state index is 12.7. The lowest BCUT2D eigenvalue weighted by molar-refractivity contribution is 0.0774. The van der Waals surface area contributed by atoms with Gasteiger partial charge >= 0.3 is 0 Å². The Bertz CT molecular complexity index is 777. The molecule has 25 heavy (non-hydrogen) atoms. The van der Waals surface area contributed by atoms with Crippen LogP contribution < -0.4 is 0 Å². The van der Waals surface area contributed by atoms with Crippen LogP contribution in [0.2, 0.25) is 0 Å². The van der Waals surface area contributed by atoms with E-state index in [9.17, 15) is 4.79 Å². The van der Waals surface area contributed by atoms with Crippen LogP contribution in [0.1, 0.15) is 28.0 Å². The van der Waals surface area contributed by atoms with Gasteiger partial charge in [-0.05, 0) is 37.1 Å². The molecule has 6 nitrogen and oxygen atoms in total. The lowest BCUT2D eigenvalue weighted by atomic mass is 10.1. The van der Waals surface area contributed by atoms with Crippen molar-refractivity contribution in [3.05, 3.63) is 53.6 Å². The summed E-state index contributed by atoms with van der Waals surface area (Å²) < 4.78 is 1.74. The van der Waals surface area contributed by atoms with E-state index in [4.69, 9.17) is 5.26 Å². The minimum atomic E-state index is 0.0152. The number of carbonyl (C=O) groups excluding carboxylic acids is 1. The second-order valence-corrected chi connectivity index (χ2v) is 6.80. The quantitative estimate of drug-likeness (QED) is 0.836. The molecule has 1 amide bonds. The van der Waals surface area contributed by atoms with Gasteiger partial charge in [0.25, 0.3) is 5.91 Å². The summed E-state index contributed by atoms with van der Waals surface area (Å²) in [5, 5.41) is 8.99. The smallest absolute Gasteiger partial charge is 0.270 e. The Labute approximate surface area is 148 Å². The number of likely N-dealkylation sites (tertiary alicyclic amines) is 1. The number of nitriles is 1. The summed E-state index contributed by atoms with van der Waals surface area (Å²) in [6, 6.07) is 7.79. The molecular formula is C19H23N5O. The number of hydrogen-bond donors (Lipinski definition) is 0. The average Bonchev–Trinajstić information content (AvgIpc) is 3.21. The van der Waals surface area contributed by atoms with Crippen molar-refractivity contribution < 1.29 is 4.79 Å². The molecule has 1 atom stereocenters. The van der Waals surface area contributed by atoms with Gasteiger partial charge in [0.1, 0.15) is 11.8 Å². The molecule has 130 valence electrons. The number of aromatic nitrogens is 2. The molecule has 1 aliphatic rings. The molecular weight excluding hydrogens is 314 g/mol. The van der Waals surface area contributed by atoms with Crippen LogP contribution in [-0.2, 0) is 13.6 Å². The number of hydrogen-bond acceptors (Lipinski definition) is 4. The molecule has 0 spiro atoms. The SMILES string of the molecule is CN(Cc1cccnc1)C[C@@H]1CCN(C(=O)c2cc(C#N)cn2C)C1. The van der Waals surface area contributed by atoms with Crippen molar-refractivity contribution in [3.8, 4) is 6.07 Å². The molecule has 3 rings (SSSR count). The van der Waals surface area contributed by atoms with Gasteiger partial charge in [0.2, 0.25) is 0 Å². The van der Waals surface area contributed by atoms with Crippen molar-refractivity contribution in [1.29, 1.82) is 5.26 Å². The third kappa shape index (κ3) is 4.06. The van der Waals surface area contributed by atoms with Gasteiger partial charge in [0.15, 0.2) is 0 Å². The topological polar surface area (TPSA) is 65.2 Å². The van der Waals surface area contributed by atoms with Crippen molar-refractivity contribution in [3.63, 3.8) is 0 Å². The van der Waals surface area contributed by atoms with Gasteiger partial charge in [0, 0.05) is 51.8 Å². The first-order valence-corrected chi connectivity index (χ1v) is 8.50. The first kappa shape index (κ1) is 17.2. The fourth-order valence-electron chi connectivity index (χ4n) is 3.48. The number of aryl methyl sites for hydroxylation is 1. The zero-order chi connectivity index (χ0) is 17.8. The van der Waals surface area contributed by atoms with E-state index < -0.39 is 0 Å². The third-order valence-corrected chi connectivity index (χ3v) is 4.67. The van der Waals surface area contributed by atoms with Gasteiger partial charge in [-0.3, -0.25) is 9.78 Å². The second-order valence-electron chi connectivity index (χ2n) is 6.80. The van der Waals surface area contributed by atoms with Crippen LogP contribution in [0.4, 0.5) is 0 Å². The molecule has 0 unspecified atom stereocenters. The van der Waals surface area contributed by atoms with Crippen molar-refractivity contribution in [2.24, 2.45) is 13.0 Å². The van der Waals surface area contributed by atoms with Crippen LogP contribution in [-0.4, -0.2) is 51.9 Å². The lowest BCUT2D eigenvalue weighted by Crippen LogP contribution is -2.32. The van der Waals surface area contributed by atoms with E-state index in [2.05, 4.69) is 29.1 Å². The minimum absolute atomic E-state index is 0.0152. The molecule has 0 aliphatic carbocycles. The van der Waals surface area contributed by atoms with E-state index >= 15 is 0 Å². The molecule has 1 saturated heterocycles. The Morgan fingerprint density at radius 1 is 1.52 bits per heavy atom. The van der Waals surface area contributed by atoms with Crippen LogP contribution in [0.15, 0.2) is 36.8 Å². The summed E-state index contributed by atoms with van der Waals surface area (Å²) in [5.74, 6) is 0.489. The van der Waals surface area contributed by atoms with Crippen LogP contribution >= 0.6 is 0 Å². The Kier molecular flexibility index (Phi) is 5.15. The number of pyridine rings is 1. The molecule has 1 fully saturated rings. The first-order valence-electron chi connectivity index (χ1n) is 8.50. The summed E-state index contributed by atoms with van der Waals surface area (Å²) in [6.07, 6.45) is 6.38. The van der Waals surface area contributed by atoms with Gasteiger partial charge in [-0.1, -0.05) is 6.07 Å². The minimum Gasteiger partial charge on any atom is -0.345 e. The molecule has 6 heteroatoms.